The number of hydrogen-bond donors (Lipinski definition) is 1. The summed E-state index contributed by atoms with van der Waals surface area (Å²) in [6.45, 7) is 5.57. The highest BCUT2D eigenvalue weighted by Gasteiger charge is 2.49. The molecule has 3 heterocycles. The van der Waals surface area contributed by atoms with Crippen molar-refractivity contribution in [2.45, 2.75) is 32.9 Å². The lowest BCUT2D eigenvalue weighted by Gasteiger charge is -2.20. The Kier molecular flexibility index (Phi) is 5.13. The fraction of sp³-hybridized carbons (Fsp3) is 0.238. The number of aliphatic hydroxyl groups excluding tert-OH is 1. The van der Waals surface area contributed by atoms with Crippen LogP contribution in [-0.4, -0.2) is 33.1 Å². The summed E-state index contributed by atoms with van der Waals surface area (Å²) >= 11 is 1.18. The van der Waals surface area contributed by atoms with Crippen molar-refractivity contribution in [3.05, 3.63) is 64.6 Å². The Hall–Kier alpha value is -3.46. The van der Waals surface area contributed by atoms with E-state index in [0.717, 1.165) is 0 Å². The molecule has 8 nitrogen and oxygen atoms in total. The number of amides is 1. The molecule has 1 atom stereocenters. The molecule has 0 saturated carbocycles. The molecule has 0 bridgehead atoms. The summed E-state index contributed by atoms with van der Waals surface area (Å²) in [7, 11) is 0. The summed E-state index contributed by atoms with van der Waals surface area (Å²) in [5, 5.41) is 19.8. The Morgan fingerprint density at radius 3 is 2.50 bits per heavy atom. The van der Waals surface area contributed by atoms with Crippen molar-refractivity contribution in [2.24, 2.45) is 0 Å². The quantitative estimate of drug-likeness (QED) is 0.376. The number of aliphatic hydroxyl groups is 1. The van der Waals surface area contributed by atoms with Crippen LogP contribution >= 0.6 is 11.3 Å². The number of furan rings is 1. The molecule has 1 saturated heterocycles. The van der Waals surface area contributed by atoms with Crippen LogP contribution in [0.3, 0.4) is 0 Å². The van der Waals surface area contributed by atoms with Gasteiger partial charge in [0.25, 0.3) is 5.78 Å². The monoisotopic (exact) mass is 425 g/mol. The summed E-state index contributed by atoms with van der Waals surface area (Å²) in [4.78, 5) is 27.0. The number of hydrogen-bond acceptors (Lipinski definition) is 8. The lowest BCUT2D eigenvalue weighted by Crippen LogP contribution is -2.29. The maximum Gasteiger partial charge on any atom is 0.302 e. The smallest absolute Gasteiger partial charge is 0.302 e. The highest BCUT2D eigenvalue weighted by atomic mass is 32.1. The van der Waals surface area contributed by atoms with E-state index >= 15 is 0 Å². The van der Waals surface area contributed by atoms with Gasteiger partial charge in [-0.25, -0.2) is 0 Å². The van der Waals surface area contributed by atoms with Gasteiger partial charge in [-0.1, -0.05) is 11.3 Å². The van der Waals surface area contributed by atoms with Crippen LogP contribution in [0.1, 0.15) is 36.2 Å². The molecule has 4 rings (SSSR count). The van der Waals surface area contributed by atoms with Crippen LogP contribution < -0.4 is 9.64 Å². The Bertz CT molecular complexity index is 1120. The van der Waals surface area contributed by atoms with Gasteiger partial charge in [-0.3, -0.25) is 14.5 Å². The average Bonchev–Trinajstić information content (AvgIpc) is 3.43. The van der Waals surface area contributed by atoms with Crippen molar-refractivity contribution < 1.29 is 23.8 Å². The maximum atomic E-state index is 12.9. The Morgan fingerprint density at radius 1 is 1.20 bits per heavy atom. The van der Waals surface area contributed by atoms with Gasteiger partial charge < -0.3 is 14.3 Å². The summed E-state index contributed by atoms with van der Waals surface area (Å²) in [6.07, 6.45) is 1.45. The predicted octanol–water partition coefficient (Wildman–Crippen LogP) is 3.85. The molecule has 30 heavy (non-hydrogen) atoms. The molecule has 154 valence electrons. The Labute approximate surface area is 176 Å². The van der Waals surface area contributed by atoms with E-state index in [1.807, 2.05) is 13.8 Å². The summed E-state index contributed by atoms with van der Waals surface area (Å²) in [6, 6.07) is 9.01. The minimum absolute atomic E-state index is 0.00378. The number of ether oxygens (including phenoxy) is 1. The molecule has 1 amide bonds. The molecule has 1 aliphatic rings. The van der Waals surface area contributed by atoms with E-state index < -0.39 is 17.7 Å². The summed E-state index contributed by atoms with van der Waals surface area (Å²) in [5.74, 6) is -0.940. The van der Waals surface area contributed by atoms with E-state index in [4.69, 9.17) is 9.15 Å². The van der Waals surface area contributed by atoms with E-state index in [-0.39, 0.29) is 22.6 Å². The van der Waals surface area contributed by atoms with Crippen molar-refractivity contribution >= 4 is 33.9 Å². The Balaban J connectivity index is 1.82. The standard InChI is InChI=1S/C21H19N3O5S/c1-11(2)29-14-8-6-13(7-9-14)18(25)16-17(15-5-4-10-28-15)24(20(27)19(16)26)21-23-22-12(3)30-21/h4-11,17,25H,1-3H3/t17-/m0/s1. The van der Waals surface area contributed by atoms with Crippen molar-refractivity contribution in [1.82, 2.24) is 10.2 Å². The topological polar surface area (TPSA) is 106 Å². The van der Waals surface area contributed by atoms with E-state index in [0.29, 0.717) is 22.1 Å². The lowest BCUT2D eigenvalue weighted by atomic mass is 9.99. The first kappa shape index (κ1) is 19.8. The molecule has 1 N–H and O–H groups in total. The Morgan fingerprint density at radius 2 is 1.93 bits per heavy atom. The third kappa shape index (κ3) is 3.48. The minimum atomic E-state index is -0.945. The van der Waals surface area contributed by atoms with Gasteiger partial charge in [0.05, 0.1) is 17.9 Å². The molecular weight excluding hydrogens is 406 g/mol. The molecule has 2 aromatic heterocycles. The van der Waals surface area contributed by atoms with Crippen LogP contribution in [-0.2, 0) is 9.59 Å². The molecule has 1 aliphatic heterocycles. The number of anilines is 1. The van der Waals surface area contributed by atoms with Gasteiger partial charge in [0.15, 0.2) is 0 Å². The second-order valence-corrected chi connectivity index (χ2v) is 8.14. The van der Waals surface area contributed by atoms with Crippen LogP contribution in [0.2, 0.25) is 0 Å². The van der Waals surface area contributed by atoms with Gasteiger partial charge in [0, 0.05) is 5.56 Å². The number of aryl methyl sites for hydroxylation is 1. The minimum Gasteiger partial charge on any atom is -0.507 e. The first-order valence-electron chi connectivity index (χ1n) is 9.28. The number of carbonyl (C=O) groups excluding carboxylic acids is 2. The zero-order valence-corrected chi connectivity index (χ0v) is 17.3. The SMILES string of the molecule is Cc1nnc(N2C(=O)C(=O)C(=C(O)c3ccc(OC(C)C)cc3)[C@@H]2c2ccco2)s1. The predicted molar refractivity (Wildman–Crippen MR) is 110 cm³/mol. The van der Waals surface area contributed by atoms with Gasteiger partial charge in [-0.05, 0) is 57.2 Å². The van der Waals surface area contributed by atoms with Gasteiger partial charge in [0.2, 0.25) is 5.13 Å². The highest BCUT2D eigenvalue weighted by Crippen LogP contribution is 2.43. The second kappa shape index (κ2) is 7.75. The van der Waals surface area contributed by atoms with Crippen molar-refractivity contribution in [3.63, 3.8) is 0 Å². The van der Waals surface area contributed by atoms with Gasteiger partial charge in [-0.2, -0.15) is 0 Å². The normalized spacial score (nSPS) is 18.4. The third-order valence-corrected chi connectivity index (χ3v) is 5.32. The van der Waals surface area contributed by atoms with Crippen molar-refractivity contribution in [1.29, 1.82) is 0 Å². The van der Waals surface area contributed by atoms with Crippen LogP contribution in [0.5, 0.6) is 5.75 Å². The number of nitrogens with zero attached hydrogens (tertiary/aromatic N) is 3. The summed E-state index contributed by atoms with van der Waals surface area (Å²) < 4.78 is 11.1. The van der Waals surface area contributed by atoms with Gasteiger partial charge >= 0.3 is 5.91 Å². The number of rotatable bonds is 5. The average molecular weight is 425 g/mol. The number of Topliss-reactive ketones (excluding diaryl/α,β-unsaturated/α-hetero) is 1. The molecule has 3 aromatic rings. The number of aromatic nitrogens is 2. The first-order chi connectivity index (χ1) is 14.4. The maximum absolute atomic E-state index is 12.9. The molecule has 0 spiro atoms. The van der Waals surface area contributed by atoms with Crippen LogP contribution in [0, 0.1) is 6.92 Å². The van der Waals surface area contributed by atoms with E-state index in [9.17, 15) is 14.7 Å². The zero-order chi connectivity index (χ0) is 21.4. The van der Waals surface area contributed by atoms with Crippen LogP contribution in [0.4, 0.5) is 5.13 Å². The van der Waals surface area contributed by atoms with Crippen molar-refractivity contribution in [3.8, 4) is 5.75 Å². The molecule has 0 radical (unpaired) electrons. The van der Waals surface area contributed by atoms with Gasteiger partial charge in [0.1, 0.15) is 28.3 Å². The van der Waals surface area contributed by atoms with E-state index in [2.05, 4.69) is 10.2 Å². The first-order valence-corrected chi connectivity index (χ1v) is 10.1. The van der Waals surface area contributed by atoms with Crippen LogP contribution in [0.25, 0.3) is 5.76 Å². The molecular formula is C21H19N3O5S. The number of ketones is 1. The summed E-state index contributed by atoms with van der Waals surface area (Å²) in [5.41, 5.74) is 0.314. The van der Waals surface area contributed by atoms with Gasteiger partial charge in [-0.15, -0.1) is 10.2 Å². The third-order valence-electron chi connectivity index (χ3n) is 4.48. The molecule has 0 unspecified atom stereocenters. The van der Waals surface area contributed by atoms with Crippen molar-refractivity contribution in [2.75, 3.05) is 4.90 Å². The lowest BCUT2D eigenvalue weighted by molar-refractivity contribution is -0.132. The fourth-order valence-corrected chi connectivity index (χ4v) is 3.96. The largest absolute Gasteiger partial charge is 0.507 e. The van der Waals surface area contributed by atoms with E-state index in [1.165, 1.54) is 22.5 Å². The molecule has 9 heteroatoms. The van der Waals surface area contributed by atoms with Crippen LogP contribution in [0.15, 0.2) is 52.7 Å². The number of carbonyl (C=O) groups is 2. The molecule has 0 aliphatic carbocycles. The van der Waals surface area contributed by atoms with E-state index in [1.54, 1.807) is 43.3 Å². The second-order valence-electron chi connectivity index (χ2n) is 6.98. The highest BCUT2D eigenvalue weighted by molar-refractivity contribution is 7.15. The number of benzene rings is 1. The fourth-order valence-electron chi connectivity index (χ4n) is 3.25. The molecule has 1 aromatic carbocycles. The molecule has 1 fully saturated rings. The zero-order valence-electron chi connectivity index (χ0n) is 16.5.